The zero-order valence-electron chi connectivity index (χ0n) is 14.9. The van der Waals surface area contributed by atoms with E-state index in [-0.39, 0.29) is 5.92 Å². The van der Waals surface area contributed by atoms with E-state index in [2.05, 4.69) is 6.58 Å². The number of allylic oxidation sites excluding steroid dienone is 2. The number of halogens is 3. The second-order valence-corrected chi connectivity index (χ2v) is 6.90. The summed E-state index contributed by atoms with van der Waals surface area (Å²) in [4.78, 5) is 0. The Morgan fingerprint density at radius 3 is 2.46 bits per heavy atom. The predicted octanol–water partition coefficient (Wildman–Crippen LogP) is 6.98. The summed E-state index contributed by atoms with van der Waals surface area (Å²) in [5.74, 6) is -1.78. The van der Waals surface area contributed by atoms with Gasteiger partial charge in [-0.3, -0.25) is 0 Å². The quantitative estimate of drug-likeness (QED) is 0.523. The van der Waals surface area contributed by atoms with Crippen LogP contribution < -0.4 is 4.74 Å². The number of hydrogen-bond acceptors (Lipinski definition) is 1. The largest absolute Gasteiger partial charge is 0.429 e. The van der Waals surface area contributed by atoms with E-state index in [4.69, 9.17) is 4.74 Å². The first kappa shape index (κ1) is 18.6. The lowest BCUT2D eigenvalue weighted by Crippen LogP contribution is -2.37. The Balaban J connectivity index is 1.82. The third-order valence-electron chi connectivity index (χ3n) is 5.10. The summed E-state index contributed by atoms with van der Waals surface area (Å²) in [5, 5.41) is 1.32. The van der Waals surface area contributed by atoms with Crippen molar-refractivity contribution in [2.45, 2.75) is 38.7 Å². The van der Waals surface area contributed by atoms with Crippen LogP contribution in [0.25, 0.3) is 16.8 Å². The van der Waals surface area contributed by atoms with Crippen molar-refractivity contribution in [3.05, 3.63) is 60.4 Å². The van der Waals surface area contributed by atoms with E-state index >= 15 is 0 Å². The molecule has 1 aliphatic rings. The van der Waals surface area contributed by atoms with Crippen molar-refractivity contribution in [1.82, 2.24) is 0 Å². The lowest BCUT2D eigenvalue weighted by molar-refractivity contribution is -0.224. The van der Waals surface area contributed by atoms with Crippen molar-refractivity contribution in [3.8, 4) is 5.75 Å². The number of benzene rings is 2. The Kier molecular flexibility index (Phi) is 5.40. The van der Waals surface area contributed by atoms with Gasteiger partial charge in [0.2, 0.25) is 0 Å². The minimum absolute atomic E-state index is 0.283. The first-order valence-electron chi connectivity index (χ1n) is 8.98. The van der Waals surface area contributed by atoms with E-state index in [1.807, 2.05) is 37.3 Å². The van der Waals surface area contributed by atoms with Crippen LogP contribution in [0.1, 0.15) is 38.2 Å². The van der Waals surface area contributed by atoms with Gasteiger partial charge in [-0.1, -0.05) is 30.4 Å². The average molecular weight is 360 g/mol. The minimum atomic E-state index is -3.38. The summed E-state index contributed by atoms with van der Waals surface area (Å²) in [5.41, 5.74) is 0.928. The maximum atomic E-state index is 14.5. The highest BCUT2D eigenvalue weighted by molar-refractivity contribution is 5.86. The van der Waals surface area contributed by atoms with Gasteiger partial charge >= 0.3 is 6.11 Å². The van der Waals surface area contributed by atoms with Gasteiger partial charge in [0.15, 0.2) is 11.6 Å². The van der Waals surface area contributed by atoms with Crippen molar-refractivity contribution in [2.24, 2.45) is 11.8 Å². The predicted molar refractivity (Wildman–Crippen MR) is 99.8 cm³/mol. The monoisotopic (exact) mass is 360 g/mol. The Morgan fingerprint density at radius 2 is 1.81 bits per heavy atom. The Labute approximate surface area is 152 Å². The van der Waals surface area contributed by atoms with Crippen LogP contribution in [0.5, 0.6) is 5.75 Å². The molecule has 3 rings (SSSR count). The first-order chi connectivity index (χ1) is 12.4. The topological polar surface area (TPSA) is 9.23 Å². The molecule has 0 heterocycles. The fourth-order valence-electron chi connectivity index (χ4n) is 3.56. The van der Waals surface area contributed by atoms with Gasteiger partial charge in [-0.2, -0.15) is 8.78 Å². The fourth-order valence-corrected chi connectivity index (χ4v) is 3.56. The van der Waals surface area contributed by atoms with Crippen molar-refractivity contribution in [1.29, 1.82) is 0 Å². The van der Waals surface area contributed by atoms with Gasteiger partial charge < -0.3 is 4.74 Å². The van der Waals surface area contributed by atoms with E-state index < -0.39 is 23.6 Å². The molecule has 4 heteroatoms. The van der Waals surface area contributed by atoms with Gasteiger partial charge in [0, 0.05) is 0 Å². The molecule has 0 aromatic heterocycles. The smallest absolute Gasteiger partial charge is 0.400 e. The molecule has 1 fully saturated rings. The van der Waals surface area contributed by atoms with Gasteiger partial charge in [-0.25, -0.2) is 4.39 Å². The molecule has 0 spiro atoms. The lowest BCUT2D eigenvalue weighted by atomic mass is 9.81. The lowest BCUT2D eigenvalue weighted by Gasteiger charge is -2.32. The molecule has 2 aromatic carbocycles. The fraction of sp³-hybridized carbons (Fsp3) is 0.364. The molecule has 0 bridgehead atoms. The molecule has 0 saturated heterocycles. The summed E-state index contributed by atoms with van der Waals surface area (Å²) in [6.45, 7) is 5.62. The van der Waals surface area contributed by atoms with Crippen LogP contribution in [0.2, 0.25) is 0 Å². The highest BCUT2D eigenvalue weighted by atomic mass is 19.3. The molecule has 0 atom stereocenters. The summed E-state index contributed by atoms with van der Waals surface area (Å²) in [6, 6.07) is 8.07. The van der Waals surface area contributed by atoms with Crippen LogP contribution in [-0.4, -0.2) is 6.11 Å². The number of hydrogen-bond donors (Lipinski definition) is 0. The van der Waals surface area contributed by atoms with E-state index in [1.54, 1.807) is 6.07 Å². The molecule has 1 saturated carbocycles. The van der Waals surface area contributed by atoms with E-state index in [0.29, 0.717) is 36.5 Å². The Bertz CT molecular complexity index is 817. The number of ether oxygens (including phenoxy) is 1. The Hall–Kier alpha value is -2.23. The molecule has 0 N–H and O–H groups in total. The van der Waals surface area contributed by atoms with Crippen LogP contribution in [-0.2, 0) is 0 Å². The molecule has 138 valence electrons. The molecular formula is C22H23F3O. The average Bonchev–Trinajstić information content (AvgIpc) is 2.62. The molecular weight excluding hydrogens is 337 g/mol. The van der Waals surface area contributed by atoms with Gasteiger partial charge in [-0.05, 0) is 73.1 Å². The maximum absolute atomic E-state index is 14.5. The van der Waals surface area contributed by atoms with E-state index in [9.17, 15) is 13.2 Å². The van der Waals surface area contributed by atoms with Crippen molar-refractivity contribution < 1.29 is 17.9 Å². The zero-order chi connectivity index (χ0) is 18.7. The second kappa shape index (κ2) is 7.56. The van der Waals surface area contributed by atoms with Crippen LogP contribution in [0.4, 0.5) is 13.2 Å². The Morgan fingerprint density at radius 1 is 1.08 bits per heavy atom. The maximum Gasteiger partial charge on any atom is 0.400 e. The van der Waals surface area contributed by atoms with Gasteiger partial charge in [-0.15, -0.1) is 6.58 Å². The first-order valence-corrected chi connectivity index (χ1v) is 8.98. The molecule has 0 aliphatic heterocycles. The SMILES string of the molecule is C=CC1CCC(C(F)(F)Oc2cc3ccc(/C=C/C)cc3cc2F)CC1. The number of alkyl halides is 2. The second-order valence-electron chi connectivity index (χ2n) is 6.90. The van der Waals surface area contributed by atoms with Crippen molar-refractivity contribution in [2.75, 3.05) is 0 Å². The van der Waals surface area contributed by atoms with Crippen LogP contribution >= 0.6 is 0 Å². The summed E-state index contributed by atoms with van der Waals surface area (Å²) < 4.78 is 48.3. The molecule has 2 aromatic rings. The van der Waals surface area contributed by atoms with Gasteiger partial charge in [0.05, 0.1) is 5.92 Å². The zero-order valence-corrected chi connectivity index (χ0v) is 14.9. The number of rotatable bonds is 5. The van der Waals surface area contributed by atoms with Crippen molar-refractivity contribution >= 4 is 16.8 Å². The summed E-state index contributed by atoms with van der Waals surface area (Å²) in [6.07, 6.45) is 4.26. The highest BCUT2D eigenvalue weighted by Gasteiger charge is 2.44. The van der Waals surface area contributed by atoms with E-state index in [0.717, 1.165) is 5.56 Å². The molecule has 0 unspecified atom stereocenters. The van der Waals surface area contributed by atoms with Gasteiger partial charge in [0.1, 0.15) is 0 Å². The molecule has 0 amide bonds. The standard InChI is InChI=1S/C22H23F3O/c1-3-5-16-6-9-17-14-21(20(23)13-18(17)12-16)26-22(24,25)19-10-7-15(4-2)8-11-19/h3-6,9,12-15,19H,2,7-8,10-11H2,1H3/b5-3+. The summed E-state index contributed by atoms with van der Waals surface area (Å²) in [7, 11) is 0. The molecule has 0 radical (unpaired) electrons. The van der Waals surface area contributed by atoms with Gasteiger partial charge in [0.25, 0.3) is 0 Å². The normalized spacial score (nSPS) is 21.2. The van der Waals surface area contributed by atoms with Crippen LogP contribution in [0.15, 0.2) is 49.1 Å². The molecule has 1 nitrogen and oxygen atoms in total. The van der Waals surface area contributed by atoms with Crippen molar-refractivity contribution in [3.63, 3.8) is 0 Å². The molecule has 26 heavy (non-hydrogen) atoms. The molecule has 1 aliphatic carbocycles. The van der Waals surface area contributed by atoms with E-state index in [1.165, 1.54) is 12.1 Å². The third kappa shape index (κ3) is 3.95. The number of fused-ring (bicyclic) bond motifs is 1. The third-order valence-corrected chi connectivity index (χ3v) is 5.10. The van der Waals surface area contributed by atoms with Crippen LogP contribution in [0, 0.1) is 17.7 Å². The van der Waals surface area contributed by atoms with Crippen LogP contribution in [0.3, 0.4) is 0 Å². The summed E-state index contributed by atoms with van der Waals surface area (Å²) >= 11 is 0. The highest BCUT2D eigenvalue weighted by Crippen LogP contribution is 2.41. The minimum Gasteiger partial charge on any atom is -0.429 e.